The van der Waals surface area contributed by atoms with Gasteiger partial charge in [0.1, 0.15) is 0 Å². The van der Waals surface area contributed by atoms with Gasteiger partial charge in [0.15, 0.2) is 0 Å². The van der Waals surface area contributed by atoms with Gasteiger partial charge in [-0.15, -0.1) is 0 Å². The lowest BCUT2D eigenvalue weighted by atomic mass is 9.71. The fraction of sp³-hybridized carbons (Fsp3) is 1.00. The predicted molar refractivity (Wildman–Crippen MR) is 49.0 cm³/mol. The van der Waals surface area contributed by atoms with Crippen LogP contribution in [0.2, 0.25) is 0 Å². The SMILES string of the molecule is C1COCC2(CCC2)CSC1. The molecule has 1 spiro atoms. The number of rotatable bonds is 0. The Kier molecular flexibility index (Phi) is 2.42. The molecule has 0 aromatic carbocycles. The molecule has 11 heavy (non-hydrogen) atoms. The zero-order chi connectivity index (χ0) is 7.57. The number of ether oxygens (including phenoxy) is 1. The number of thioether (sulfide) groups is 1. The largest absolute Gasteiger partial charge is 0.381 e. The standard InChI is InChI=1S/C9H16OS/c1-3-9(4-1)7-10-5-2-6-11-8-9/h1-8H2. The molecule has 0 atom stereocenters. The van der Waals surface area contributed by atoms with Gasteiger partial charge < -0.3 is 4.74 Å². The van der Waals surface area contributed by atoms with E-state index in [1.807, 2.05) is 0 Å². The van der Waals surface area contributed by atoms with Crippen molar-refractivity contribution in [2.75, 3.05) is 24.7 Å². The van der Waals surface area contributed by atoms with Crippen molar-refractivity contribution < 1.29 is 4.74 Å². The third-order valence-electron chi connectivity index (χ3n) is 2.81. The molecule has 2 heteroatoms. The molecule has 1 heterocycles. The molecule has 0 radical (unpaired) electrons. The number of hydrogen-bond donors (Lipinski definition) is 0. The molecule has 1 nitrogen and oxygen atoms in total. The third-order valence-corrected chi connectivity index (χ3v) is 4.20. The summed E-state index contributed by atoms with van der Waals surface area (Å²) in [4.78, 5) is 0. The van der Waals surface area contributed by atoms with E-state index in [2.05, 4.69) is 11.8 Å². The first kappa shape index (κ1) is 7.93. The quantitative estimate of drug-likeness (QED) is 0.554. The molecule has 0 N–H and O–H groups in total. The van der Waals surface area contributed by atoms with E-state index in [4.69, 9.17) is 4.74 Å². The van der Waals surface area contributed by atoms with Crippen LogP contribution in [0.3, 0.4) is 0 Å². The average molecular weight is 172 g/mol. The van der Waals surface area contributed by atoms with E-state index in [9.17, 15) is 0 Å². The third kappa shape index (κ3) is 1.73. The molecule has 2 rings (SSSR count). The van der Waals surface area contributed by atoms with E-state index in [0.29, 0.717) is 5.41 Å². The highest BCUT2D eigenvalue weighted by molar-refractivity contribution is 7.99. The van der Waals surface area contributed by atoms with E-state index in [0.717, 1.165) is 13.2 Å². The maximum absolute atomic E-state index is 5.62. The summed E-state index contributed by atoms with van der Waals surface area (Å²) >= 11 is 2.13. The Morgan fingerprint density at radius 1 is 1.18 bits per heavy atom. The first-order chi connectivity index (χ1) is 5.41. The van der Waals surface area contributed by atoms with Crippen LogP contribution in [0.15, 0.2) is 0 Å². The van der Waals surface area contributed by atoms with Crippen LogP contribution in [0.4, 0.5) is 0 Å². The molecule has 0 aromatic heterocycles. The van der Waals surface area contributed by atoms with Crippen molar-refractivity contribution in [3.8, 4) is 0 Å². The van der Waals surface area contributed by atoms with Gasteiger partial charge in [-0.05, 0) is 25.0 Å². The molecule has 0 unspecified atom stereocenters. The molecule has 1 saturated carbocycles. The van der Waals surface area contributed by atoms with Crippen LogP contribution in [0.25, 0.3) is 0 Å². The van der Waals surface area contributed by atoms with Crippen LogP contribution in [-0.2, 0) is 4.74 Å². The van der Waals surface area contributed by atoms with E-state index >= 15 is 0 Å². The Morgan fingerprint density at radius 3 is 2.82 bits per heavy atom. The Labute approximate surface area is 72.9 Å². The minimum Gasteiger partial charge on any atom is -0.381 e. The lowest BCUT2D eigenvalue weighted by Gasteiger charge is -2.42. The lowest BCUT2D eigenvalue weighted by Crippen LogP contribution is -2.38. The van der Waals surface area contributed by atoms with Crippen molar-refractivity contribution in [2.24, 2.45) is 5.41 Å². The first-order valence-corrected chi connectivity index (χ1v) is 5.72. The van der Waals surface area contributed by atoms with Gasteiger partial charge in [-0.25, -0.2) is 0 Å². The van der Waals surface area contributed by atoms with Crippen LogP contribution in [0.5, 0.6) is 0 Å². The summed E-state index contributed by atoms with van der Waals surface area (Å²) in [5.41, 5.74) is 0.616. The van der Waals surface area contributed by atoms with E-state index in [1.165, 1.54) is 37.2 Å². The van der Waals surface area contributed by atoms with Crippen LogP contribution >= 0.6 is 11.8 Å². The molecule has 1 saturated heterocycles. The smallest absolute Gasteiger partial charge is 0.0530 e. The summed E-state index contributed by atoms with van der Waals surface area (Å²) in [6.45, 7) is 2.04. The minimum absolute atomic E-state index is 0.616. The molecule has 0 aromatic rings. The Bertz CT molecular complexity index is 122. The van der Waals surface area contributed by atoms with Gasteiger partial charge in [-0.1, -0.05) is 6.42 Å². The normalized spacial score (nSPS) is 30.5. The molecule has 1 aliphatic carbocycles. The van der Waals surface area contributed by atoms with Crippen molar-refractivity contribution in [3.63, 3.8) is 0 Å². The van der Waals surface area contributed by atoms with Crippen molar-refractivity contribution in [1.29, 1.82) is 0 Å². The zero-order valence-corrected chi connectivity index (χ0v) is 7.79. The summed E-state index contributed by atoms with van der Waals surface area (Å²) in [7, 11) is 0. The Hall–Kier alpha value is 0.310. The first-order valence-electron chi connectivity index (χ1n) is 4.57. The van der Waals surface area contributed by atoms with Gasteiger partial charge in [0.2, 0.25) is 0 Å². The maximum atomic E-state index is 5.62. The molecule has 2 aliphatic rings. The summed E-state index contributed by atoms with van der Waals surface area (Å²) < 4.78 is 5.62. The van der Waals surface area contributed by atoms with Crippen LogP contribution < -0.4 is 0 Å². The van der Waals surface area contributed by atoms with Gasteiger partial charge in [-0.2, -0.15) is 11.8 Å². The molecule has 0 bridgehead atoms. The Balaban J connectivity index is 1.86. The maximum Gasteiger partial charge on any atom is 0.0530 e. The predicted octanol–water partition coefficient (Wildman–Crippen LogP) is 2.31. The summed E-state index contributed by atoms with van der Waals surface area (Å²) in [6, 6.07) is 0. The highest BCUT2D eigenvalue weighted by Gasteiger charge is 2.37. The van der Waals surface area contributed by atoms with Gasteiger partial charge in [0.25, 0.3) is 0 Å². The fourth-order valence-electron chi connectivity index (χ4n) is 1.85. The second kappa shape index (κ2) is 3.36. The zero-order valence-electron chi connectivity index (χ0n) is 6.97. The van der Waals surface area contributed by atoms with Crippen LogP contribution in [0.1, 0.15) is 25.7 Å². The summed E-state index contributed by atoms with van der Waals surface area (Å²) in [5, 5.41) is 0. The summed E-state index contributed by atoms with van der Waals surface area (Å²) in [6.07, 6.45) is 5.52. The lowest BCUT2D eigenvalue weighted by molar-refractivity contribution is 0.00860. The van der Waals surface area contributed by atoms with Crippen molar-refractivity contribution in [3.05, 3.63) is 0 Å². The van der Waals surface area contributed by atoms with E-state index in [-0.39, 0.29) is 0 Å². The van der Waals surface area contributed by atoms with Gasteiger partial charge in [0.05, 0.1) is 6.61 Å². The average Bonchev–Trinajstić information content (AvgIpc) is 1.82. The minimum atomic E-state index is 0.616. The molecule has 64 valence electrons. The van der Waals surface area contributed by atoms with Gasteiger partial charge in [-0.3, -0.25) is 0 Å². The molecule has 0 amide bonds. The molecular weight excluding hydrogens is 156 g/mol. The highest BCUT2D eigenvalue weighted by Crippen LogP contribution is 2.44. The topological polar surface area (TPSA) is 9.23 Å². The van der Waals surface area contributed by atoms with Crippen LogP contribution in [0, 0.1) is 5.41 Å². The van der Waals surface area contributed by atoms with E-state index in [1.54, 1.807) is 0 Å². The Morgan fingerprint density at radius 2 is 2.09 bits per heavy atom. The van der Waals surface area contributed by atoms with E-state index < -0.39 is 0 Å². The highest BCUT2D eigenvalue weighted by atomic mass is 32.2. The van der Waals surface area contributed by atoms with Gasteiger partial charge >= 0.3 is 0 Å². The molecule has 1 aliphatic heterocycles. The number of hydrogen-bond acceptors (Lipinski definition) is 2. The monoisotopic (exact) mass is 172 g/mol. The van der Waals surface area contributed by atoms with Crippen molar-refractivity contribution in [1.82, 2.24) is 0 Å². The summed E-state index contributed by atoms with van der Waals surface area (Å²) in [5.74, 6) is 2.66. The van der Waals surface area contributed by atoms with Crippen molar-refractivity contribution >= 4 is 11.8 Å². The molecule has 2 fully saturated rings. The van der Waals surface area contributed by atoms with Crippen molar-refractivity contribution in [2.45, 2.75) is 25.7 Å². The van der Waals surface area contributed by atoms with Gasteiger partial charge in [0, 0.05) is 17.8 Å². The second-order valence-electron chi connectivity index (χ2n) is 3.81. The van der Waals surface area contributed by atoms with Crippen LogP contribution in [-0.4, -0.2) is 24.7 Å². The fourth-order valence-corrected chi connectivity index (χ4v) is 3.12. The molecular formula is C9H16OS. The second-order valence-corrected chi connectivity index (χ2v) is 4.92.